The monoisotopic (exact) mass is 428 g/mol. The van der Waals surface area contributed by atoms with E-state index in [1.807, 2.05) is 39.0 Å². The van der Waals surface area contributed by atoms with Crippen molar-refractivity contribution < 1.29 is 24.0 Å². The van der Waals surface area contributed by atoms with Crippen LogP contribution in [-0.2, 0) is 37.1 Å². The van der Waals surface area contributed by atoms with Gasteiger partial charge in [-0.1, -0.05) is 49.7 Å². The predicted molar refractivity (Wildman–Crippen MR) is 123 cm³/mol. The first-order chi connectivity index (χ1) is 14.7. The molecule has 0 aliphatic carbocycles. The third-order valence-corrected chi connectivity index (χ3v) is 5.12. The lowest BCUT2D eigenvalue weighted by molar-refractivity contribution is -0.282. The van der Waals surface area contributed by atoms with Crippen LogP contribution in [0.3, 0.4) is 0 Å². The van der Waals surface area contributed by atoms with Gasteiger partial charge in [-0.25, -0.2) is 14.6 Å². The van der Waals surface area contributed by atoms with Crippen molar-refractivity contribution in [3.63, 3.8) is 0 Å². The molecule has 0 N–H and O–H groups in total. The van der Waals surface area contributed by atoms with Crippen molar-refractivity contribution in [1.29, 1.82) is 0 Å². The lowest BCUT2D eigenvalue weighted by Gasteiger charge is -2.28. The summed E-state index contributed by atoms with van der Waals surface area (Å²) in [7, 11) is 2.87. The summed E-state index contributed by atoms with van der Waals surface area (Å²) in [4.78, 5) is 22.9. The lowest BCUT2D eigenvalue weighted by Crippen LogP contribution is -2.28. The van der Waals surface area contributed by atoms with Crippen LogP contribution >= 0.6 is 0 Å². The molecule has 0 bridgehead atoms. The highest BCUT2D eigenvalue weighted by Gasteiger charge is 2.31. The Balaban J connectivity index is 2.69. The van der Waals surface area contributed by atoms with Gasteiger partial charge < -0.3 is 9.47 Å². The number of rotatable bonds is 10. The summed E-state index contributed by atoms with van der Waals surface area (Å²) in [5, 5.41) is 0. The van der Waals surface area contributed by atoms with E-state index in [9.17, 15) is 4.79 Å². The van der Waals surface area contributed by atoms with E-state index < -0.39 is 17.7 Å². The van der Waals surface area contributed by atoms with E-state index in [-0.39, 0.29) is 6.61 Å². The van der Waals surface area contributed by atoms with Gasteiger partial charge in [0, 0.05) is 5.56 Å². The zero-order valence-electron chi connectivity index (χ0n) is 19.9. The van der Waals surface area contributed by atoms with Crippen LogP contribution in [0.1, 0.15) is 68.9 Å². The third kappa shape index (κ3) is 6.89. The molecular weight excluding hydrogens is 392 g/mol. The van der Waals surface area contributed by atoms with Crippen molar-refractivity contribution in [3.8, 4) is 11.1 Å². The summed E-state index contributed by atoms with van der Waals surface area (Å²) in [6.07, 6.45) is 2.42. The van der Waals surface area contributed by atoms with Gasteiger partial charge in [-0.05, 0) is 68.4 Å². The Hall–Kier alpha value is -2.21. The highest BCUT2D eigenvalue weighted by atomic mass is 17.2. The predicted octanol–water partition coefficient (Wildman–Crippen LogP) is 6.11. The van der Waals surface area contributed by atoms with Crippen molar-refractivity contribution >= 4 is 5.97 Å². The fourth-order valence-corrected chi connectivity index (χ4v) is 3.60. The number of unbranched alkanes of at least 4 members (excludes halogenated alkanes) is 1. The first-order valence-corrected chi connectivity index (χ1v) is 10.8. The van der Waals surface area contributed by atoms with Crippen LogP contribution in [0, 0.1) is 6.92 Å². The van der Waals surface area contributed by atoms with Crippen molar-refractivity contribution in [2.45, 2.75) is 72.2 Å². The molecule has 0 saturated carbocycles. The zero-order chi connectivity index (χ0) is 23.0. The topological polar surface area (TPSA) is 54.0 Å². The SMILES string of the molecule is CCCCc1cc(-c2c(COOC)cccc2C(OC(C)(C)C)C(=O)OC)ccc1C. The molecule has 2 aromatic rings. The molecule has 170 valence electrons. The number of hydrogen-bond donors (Lipinski definition) is 0. The summed E-state index contributed by atoms with van der Waals surface area (Å²) in [5.41, 5.74) is 5.64. The molecule has 0 radical (unpaired) electrons. The van der Waals surface area contributed by atoms with Crippen LogP contribution in [0.25, 0.3) is 11.1 Å². The highest BCUT2D eigenvalue weighted by molar-refractivity contribution is 5.82. The standard InChI is InChI=1S/C26H36O5/c1-8-9-11-19-16-20(15-14-18(19)2)23-21(17-30-29-7)12-10-13-22(23)24(25(27)28-6)31-26(3,4)5/h10,12-16,24H,8-9,11,17H2,1-7H3. The van der Waals surface area contributed by atoms with Gasteiger partial charge in [-0.2, -0.15) is 0 Å². The molecule has 0 spiro atoms. The fourth-order valence-electron chi connectivity index (χ4n) is 3.60. The van der Waals surface area contributed by atoms with Crippen LogP contribution in [0.4, 0.5) is 0 Å². The average Bonchev–Trinajstić information content (AvgIpc) is 2.74. The van der Waals surface area contributed by atoms with Crippen molar-refractivity contribution in [2.75, 3.05) is 14.2 Å². The van der Waals surface area contributed by atoms with Crippen LogP contribution in [0.2, 0.25) is 0 Å². The molecule has 0 heterocycles. The Morgan fingerprint density at radius 1 is 1.06 bits per heavy atom. The van der Waals surface area contributed by atoms with Crippen LogP contribution in [0.5, 0.6) is 0 Å². The van der Waals surface area contributed by atoms with Gasteiger partial charge >= 0.3 is 5.97 Å². The Kier molecular flexibility index (Phi) is 9.23. The number of carbonyl (C=O) groups excluding carboxylic acids is 1. The molecule has 1 unspecified atom stereocenters. The van der Waals surface area contributed by atoms with Gasteiger partial charge in [-0.3, -0.25) is 0 Å². The molecule has 1 atom stereocenters. The smallest absolute Gasteiger partial charge is 0.339 e. The van der Waals surface area contributed by atoms with Gasteiger partial charge in [0.1, 0.15) is 6.61 Å². The number of methoxy groups -OCH3 is 1. The van der Waals surface area contributed by atoms with Gasteiger partial charge in [0.15, 0.2) is 6.10 Å². The molecular formula is C26H36O5. The van der Waals surface area contributed by atoms with Crippen molar-refractivity contribution in [1.82, 2.24) is 0 Å². The second kappa shape index (κ2) is 11.4. The molecule has 0 saturated heterocycles. The maximum absolute atomic E-state index is 12.8. The highest BCUT2D eigenvalue weighted by Crippen LogP contribution is 2.37. The number of benzene rings is 2. The van der Waals surface area contributed by atoms with Gasteiger partial charge in [-0.15, -0.1) is 0 Å². The minimum absolute atomic E-state index is 0.251. The van der Waals surface area contributed by atoms with Crippen molar-refractivity contribution in [2.24, 2.45) is 0 Å². The zero-order valence-corrected chi connectivity index (χ0v) is 19.9. The fraction of sp³-hybridized carbons (Fsp3) is 0.500. The largest absolute Gasteiger partial charge is 0.467 e. The number of carbonyl (C=O) groups is 1. The van der Waals surface area contributed by atoms with Crippen LogP contribution in [0.15, 0.2) is 36.4 Å². The number of aryl methyl sites for hydroxylation is 2. The summed E-state index contributed by atoms with van der Waals surface area (Å²) in [6.45, 7) is 10.4. The van der Waals surface area contributed by atoms with Crippen molar-refractivity contribution in [3.05, 3.63) is 58.7 Å². The van der Waals surface area contributed by atoms with E-state index in [1.54, 1.807) is 0 Å². The molecule has 0 amide bonds. The first kappa shape index (κ1) is 25.1. The molecule has 2 aromatic carbocycles. The normalized spacial score (nSPS) is 12.6. The quantitative estimate of drug-likeness (QED) is 0.259. The molecule has 0 fully saturated rings. The molecule has 31 heavy (non-hydrogen) atoms. The van der Waals surface area contributed by atoms with E-state index in [2.05, 4.69) is 32.0 Å². The summed E-state index contributed by atoms with van der Waals surface area (Å²) in [6, 6.07) is 12.2. The molecule has 0 aliphatic rings. The molecule has 0 aliphatic heterocycles. The third-order valence-electron chi connectivity index (χ3n) is 5.12. The maximum atomic E-state index is 12.8. The second-order valence-electron chi connectivity index (χ2n) is 8.69. The minimum atomic E-state index is -0.858. The van der Waals surface area contributed by atoms with E-state index >= 15 is 0 Å². The van der Waals surface area contributed by atoms with E-state index in [1.165, 1.54) is 25.3 Å². The van der Waals surface area contributed by atoms with Gasteiger partial charge in [0.25, 0.3) is 0 Å². The average molecular weight is 429 g/mol. The summed E-state index contributed by atoms with van der Waals surface area (Å²) >= 11 is 0. The van der Waals surface area contributed by atoms with Gasteiger partial charge in [0.05, 0.1) is 19.8 Å². The Bertz CT molecular complexity index is 867. The number of ether oxygens (including phenoxy) is 2. The summed E-state index contributed by atoms with van der Waals surface area (Å²) < 4.78 is 11.3. The van der Waals surface area contributed by atoms with E-state index in [0.717, 1.165) is 41.5 Å². The van der Waals surface area contributed by atoms with E-state index in [4.69, 9.17) is 19.2 Å². The summed E-state index contributed by atoms with van der Waals surface area (Å²) in [5.74, 6) is -0.431. The molecule has 0 aromatic heterocycles. The Morgan fingerprint density at radius 2 is 1.81 bits per heavy atom. The first-order valence-electron chi connectivity index (χ1n) is 10.8. The Morgan fingerprint density at radius 3 is 2.42 bits per heavy atom. The Labute approximate surface area is 186 Å². The van der Waals surface area contributed by atoms with E-state index in [0.29, 0.717) is 0 Å². The number of esters is 1. The second-order valence-corrected chi connectivity index (χ2v) is 8.69. The minimum Gasteiger partial charge on any atom is -0.467 e. The lowest BCUT2D eigenvalue weighted by atomic mass is 9.89. The van der Waals surface area contributed by atoms with Crippen LogP contribution < -0.4 is 0 Å². The molecule has 2 rings (SSSR count). The van der Waals surface area contributed by atoms with Crippen LogP contribution in [-0.4, -0.2) is 25.8 Å². The van der Waals surface area contributed by atoms with Gasteiger partial charge in [0.2, 0.25) is 0 Å². The maximum Gasteiger partial charge on any atom is 0.339 e. The molecule has 5 heteroatoms. The number of hydrogen-bond acceptors (Lipinski definition) is 5. The molecule has 5 nitrogen and oxygen atoms in total.